The molecule has 0 aliphatic heterocycles. The highest BCUT2D eigenvalue weighted by Crippen LogP contribution is 2.43. The molecule has 83 heavy (non-hydrogen) atoms. The molecule has 0 aromatic rings. The second-order valence-electron chi connectivity index (χ2n) is 23.1. The van der Waals surface area contributed by atoms with E-state index in [1.807, 2.05) is 27.2 Å². The van der Waals surface area contributed by atoms with E-state index in [2.05, 4.69) is 165 Å². The zero-order chi connectivity index (χ0) is 60.5. The number of aliphatic hydroxyl groups excluding tert-OH is 1. The molecule has 3 atom stereocenters. The molecule has 0 aliphatic carbocycles. The van der Waals surface area contributed by atoms with Crippen LogP contribution in [0.15, 0.2) is 158 Å². The van der Waals surface area contributed by atoms with E-state index in [1.165, 1.54) is 116 Å². The van der Waals surface area contributed by atoms with Crippen LogP contribution < -0.4 is 5.32 Å². The van der Waals surface area contributed by atoms with Gasteiger partial charge >= 0.3 is 7.82 Å². The van der Waals surface area contributed by atoms with Gasteiger partial charge in [0.05, 0.1) is 39.9 Å². The summed E-state index contributed by atoms with van der Waals surface area (Å²) in [5.41, 5.74) is 0. The van der Waals surface area contributed by atoms with E-state index < -0.39 is 20.0 Å². The van der Waals surface area contributed by atoms with Crippen molar-refractivity contribution in [3.63, 3.8) is 0 Å². The van der Waals surface area contributed by atoms with E-state index >= 15 is 0 Å². The number of phosphoric ester groups is 1. The summed E-state index contributed by atoms with van der Waals surface area (Å²) in [6.45, 7) is 4.67. The third kappa shape index (κ3) is 65.5. The summed E-state index contributed by atoms with van der Waals surface area (Å²) < 4.78 is 23.7. The zero-order valence-electron chi connectivity index (χ0n) is 53.9. The molecule has 472 valence electrons. The van der Waals surface area contributed by atoms with Crippen molar-refractivity contribution in [3.8, 4) is 0 Å². The lowest BCUT2D eigenvalue weighted by Gasteiger charge is -2.25. The van der Waals surface area contributed by atoms with Crippen molar-refractivity contribution < 1.29 is 32.9 Å². The van der Waals surface area contributed by atoms with Crippen LogP contribution in [0.3, 0.4) is 0 Å². The number of phosphoric acid groups is 1. The molecule has 3 unspecified atom stereocenters. The van der Waals surface area contributed by atoms with Gasteiger partial charge in [0.1, 0.15) is 13.2 Å². The van der Waals surface area contributed by atoms with Crippen molar-refractivity contribution in [1.82, 2.24) is 5.32 Å². The van der Waals surface area contributed by atoms with Crippen LogP contribution in [0.2, 0.25) is 0 Å². The normalized spacial score (nSPS) is 14.7. The average molecular weight is 1170 g/mol. The Kier molecular flexibility index (Phi) is 59.7. The Bertz CT molecular complexity index is 1910. The van der Waals surface area contributed by atoms with Crippen molar-refractivity contribution >= 4 is 13.7 Å². The largest absolute Gasteiger partial charge is 0.472 e. The molecular weight excluding hydrogens is 1040 g/mol. The summed E-state index contributed by atoms with van der Waals surface area (Å²) in [5, 5.41) is 13.9. The van der Waals surface area contributed by atoms with Crippen molar-refractivity contribution in [2.45, 2.75) is 264 Å². The molecule has 8 nitrogen and oxygen atoms in total. The molecule has 0 aromatic heterocycles. The van der Waals surface area contributed by atoms with Crippen molar-refractivity contribution in [2.75, 3.05) is 40.9 Å². The van der Waals surface area contributed by atoms with Gasteiger partial charge in [0.25, 0.3) is 0 Å². The Morgan fingerprint density at radius 2 is 0.723 bits per heavy atom. The molecule has 0 rings (SSSR count). The van der Waals surface area contributed by atoms with Crippen molar-refractivity contribution in [2.24, 2.45) is 0 Å². The molecule has 0 saturated heterocycles. The van der Waals surface area contributed by atoms with Gasteiger partial charge in [-0.05, 0) is 109 Å². The standard InChI is InChI=1S/C74H125N2O6P/c1-6-8-10-12-14-16-18-20-22-24-26-28-30-31-32-33-34-35-36-37-38-39-40-41-42-43-44-45-46-48-50-52-54-56-58-60-62-64-66-68-74(78)75-72(71-82-83(79,80)81-70-69-76(3,4)5)73(77)67-65-63-61-59-57-55-53-51-49-47-29-27-25-23-21-19-17-15-13-11-9-7-2/h8,10,14,16,20,22,26,28,31-32,34-35,37-38,40-41,43-44,46,48,52,54,58,60,65,67,72-73,77H,6-7,9,11-13,15,17-19,21,23-25,27,29-30,33,36,39,42,45,47,49-51,53,55-57,59,61-64,66,68-71H2,1-5H3,(H-,75,78,79,80)/p+1/b10-8-,16-14-,22-20-,28-26-,32-31-,35-34-,38-37-,41-40-,44-43-,48-46-,54-52-,60-58-,67-65+. The molecule has 0 saturated carbocycles. The van der Waals surface area contributed by atoms with Gasteiger partial charge < -0.3 is 19.8 Å². The number of quaternary nitrogens is 1. The van der Waals surface area contributed by atoms with E-state index in [4.69, 9.17) is 9.05 Å². The topological polar surface area (TPSA) is 105 Å². The summed E-state index contributed by atoms with van der Waals surface area (Å²) in [6.07, 6.45) is 98.0. The number of carbonyl (C=O) groups is 1. The predicted octanol–water partition coefficient (Wildman–Crippen LogP) is 21.4. The maximum atomic E-state index is 13.0. The molecular formula is C74H126N2O6P+. The van der Waals surface area contributed by atoms with E-state index in [9.17, 15) is 19.4 Å². The van der Waals surface area contributed by atoms with Crippen LogP contribution in [-0.2, 0) is 18.4 Å². The third-order valence-electron chi connectivity index (χ3n) is 14.0. The number of hydrogen-bond donors (Lipinski definition) is 3. The number of aliphatic hydroxyl groups is 1. The molecule has 0 aromatic carbocycles. The summed E-state index contributed by atoms with van der Waals surface area (Å²) in [5.74, 6) is -0.224. The van der Waals surface area contributed by atoms with Crippen molar-refractivity contribution in [1.29, 1.82) is 0 Å². The smallest absolute Gasteiger partial charge is 0.387 e. The Morgan fingerprint density at radius 1 is 0.422 bits per heavy atom. The van der Waals surface area contributed by atoms with Gasteiger partial charge in [0, 0.05) is 6.42 Å². The molecule has 0 bridgehead atoms. The minimum absolute atomic E-state index is 0.0448. The molecule has 1 amide bonds. The van der Waals surface area contributed by atoms with Gasteiger partial charge in [-0.3, -0.25) is 13.8 Å². The number of allylic oxidation sites excluding steroid dienone is 25. The second-order valence-corrected chi connectivity index (χ2v) is 24.6. The fourth-order valence-corrected chi connectivity index (χ4v) is 9.58. The first-order valence-corrected chi connectivity index (χ1v) is 34.9. The van der Waals surface area contributed by atoms with E-state index in [-0.39, 0.29) is 19.1 Å². The maximum absolute atomic E-state index is 13.0. The first kappa shape index (κ1) is 79.1. The number of nitrogens with one attached hydrogen (secondary N) is 1. The van der Waals surface area contributed by atoms with Crippen molar-refractivity contribution in [3.05, 3.63) is 158 Å². The first-order valence-electron chi connectivity index (χ1n) is 33.4. The van der Waals surface area contributed by atoms with Gasteiger partial charge in [-0.15, -0.1) is 0 Å². The lowest BCUT2D eigenvalue weighted by atomic mass is 10.0. The monoisotopic (exact) mass is 1170 g/mol. The summed E-state index contributed by atoms with van der Waals surface area (Å²) in [6, 6.07) is -0.883. The predicted molar refractivity (Wildman–Crippen MR) is 364 cm³/mol. The Hall–Kier alpha value is -3.88. The first-order chi connectivity index (χ1) is 40.5. The molecule has 0 radical (unpaired) electrons. The lowest BCUT2D eigenvalue weighted by Crippen LogP contribution is -2.45. The number of carbonyl (C=O) groups excluding carboxylic acids is 1. The van der Waals surface area contributed by atoms with E-state index in [0.29, 0.717) is 23.9 Å². The minimum atomic E-state index is -4.38. The SMILES string of the molecule is CC/C=C\C/C=C\C/C=C\C/C=C\C/C=C\C/C=C\C/C=C\C/C=C\C/C=C\C/C=C\C/C=C\C/C=C\CCCCC(=O)NC(COP(=O)(O)OCC[N+](C)(C)C)C(O)/C=C/CCCCCCCCCCCCCCCCCCCCCC. The minimum Gasteiger partial charge on any atom is -0.387 e. The van der Waals surface area contributed by atoms with Crippen LogP contribution in [0.1, 0.15) is 251 Å². The Balaban J connectivity index is 4.27. The highest BCUT2D eigenvalue weighted by Gasteiger charge is 2.27. The van der Waals surface area contributed by atoms with Crippen LogP contribution in [-0.4, -0.2) is 73.4 Å². The van der Waals surface area contributed by atoms with Gasteiger partial charge in [-0.2, -0.15) is 0 Å². The highest BCUT2D eigenvalue weighted by molar-refractivity contribution is 7.47. The van der Waals surface area contributed by atoms with Crippen LogP contribution in [0.4, 0.5) is 0 Å². The maximum Gasteiger partial charge on any atom is 0.472 e. The van der Waals surface area contributed by atoms with E-state index in [0.717, 1.165) is 109 Å². The fraction of sp³-hybridized carbons (Fsp3) is 0.635. The Labute approximate surface area is 511 Å². The molecule has 0 spiro atoms. The number of hydrogen-bond acceptors (Lipinski definition) is 5. The second kappa shape index (κ2) is 62.6. The number of amides is 1. The van der Waals surface area contributed by atoms with Gasteiger partial charge in [0.15, 0.2) is 0 Å². The van der Waals surface area contributed by atoms with Gasteiger partial charge in [-0.25, -0.2) is 4.57 Å². The van der Waals surface area contributed by atoms with Crippen LogP contribution in [0.25, 0.3) is 0 Å². The van der Waals surface area contributed by atoms with E-state index in [1.54, 1.807) is 6.08 Å². The highest BCUT2D eigenvalue weighted by atomic mass is 31.2. The molecule has 9 heteroatoms. The number of nitrogens with zero attached hydrogens (tertiary/aromatic N) is 1. The summed E-state index contributed by atoms with van der Waals surface area (Å²) in [4.78, 5) is 23.4. The number of rotatable bonds is 59. The Morgan fingerprint density at radius 3 is 1.06 bits per heavy atom. The third-order valence-corrected chi connectivity index (χ3v) is 15.0. The lowest BCUT2D eigenvalue weighted by molar-refractivity contribution is -0.870. The molecule has 3 N–H and O–H groups in total. The average Bonchev–Trinajstić information content (AvgIpc) is 3.50. The molecule has 0 aliphatic rings. The summed E-state index contributed by atoms with van der Waals surface area (Å²) in [7, 11) is 1.52. The molecule has 0 fully saturated rings. The van der Waals surface area contributed by atoms with Gasteiger partial charge in [-0.1, -0.05) is 294 Å². The molecule has 0 heterocycles. The van der Waals surface area contributed by atoms with Crippen LogP contribution in [0.5, 0.6) is 0 Å². The van der Waals surface area contributed by atoms with Gasteiger partial charge in [0.2, 0.25) is 5.91 Å². The fourth-order valence-electron chi connectivity index (χ4n) is 8.85. The summed E-state index contributed by atoms with van der Waals surface area (Å²) >= 11 is 0. The van der Waals surface area contributed by atoms with Crippen LogP contribution >= 0.6 is 7.82 Å². The zero-order valence-corrected chi connectivity index (χ0v) is 54.8. The number of likely N-dealkylation sites (N-methyl/N-ethyl adjacent to an activating group) is 1. The quantitative estimate of drug-likeness (QED) is 0.0243. The number of unbranched alkanes of at least 4 members (excludes halogenated alkanes) is 22. The van der Waals surface area contributed by atoms with Crippen LogP contribution in [0, 0.1) is 0 Å².